The number of phosphoric acid groups is 1. The van der Waals surface area contributed by atoms with E-state index < -0.39 is 26.5 Å². The van der Waals surface area contributed by atoms with Gasteiger partial charge in [0.25, 0.3) is 0 Å². The van der Waals surface area contributed by atoms with Gasteiger partial charge in [0.1, 0.15) is 19.8 Å². The molecule has 0 rings (SSSR count). The largest absolute Gasteiger partial charge is 0.472 e. The molecule has 250 valence electrons. The molecule has 11 heteroatoms. The van der Waals surface area contributed by atoms with Crippen LogP contribution in [0.15, 0.2) is 0 Å². The zero-order valence-corrected chi connectivity index (χ0v) is 28.2. The molecule has 10 nitrogen and oxygen atoms in total. The monoisotopic (exact) mass is 623 g/mol. The third-order valence-corrected chi connectivity index (χ3v) is 7.97. The fraction of sp³-hybridized carbons (Fsp3) is 0.935. The zero-order chi connectivity index (χ0) is 31.5. The first-order valence-corrected chi connectivity index (χ1v) is 18.0. The summed E-state index contributed by atoms with van der Waals surface area (Å²) in [4.78, 5) is 34.4. The molecule has 0 spiro atoms. The van der Waals surface area contributed by atoms with Crippen LogP contribution in [0, 0.1) is 0 Å². The molecule has 0 aliphatic rings. The molecule has 0 aromatic rings. The number of esters is 2. The van der Waals surface area contributed by atoms with Gasteiger partial charge in [0.15, 0.2) is 6.10 Å². The zero-order valence-electron chi connectivity index (χ0n) is 27.3. The molecule has 0 saturated heterocycles. The van der Waals surface area contributed by atoms with Gasteiger partial charge in [-0.15, -0.1) is 0 Å². The van der Waals surface area contributed by atoms with Crippen molar-refractivity contribution in [2.24, 2.45) is 5.73 Å². The van der Waals surface area contributed by atoms with Gasteiger partial charge in [-0.05, 0) is 25.8 Å². The van der Waals surface area contributed by atoms with Crippen LogP contribution in [-0.2, 0) is 32.7 Å². The molecular formula is C31H64N2O8P+. The maximum Gasteiger partial charge on any atom is 0.472 e. The summed E-state index contributed by atoms with van der Waals surface area (Å²) in [5.41, 5.74) is 5.47. The lowest BCUT2D eigenvalue weighted by Gasteiger charge is -2.24. The highest BCUT2D eigenvalue weighted by atomic mass is 31.2. The Bertz CT molecular complexity index is 718. The summed E-state index contributed by atoms with van der Waals surface area (Å²) >= 11 is 0. The predicted octanol–water partition coefficient (Wildman–Crippen LogP) is 6.67. The molecule has 2 atom stereocenters. The Morgan fingerprint density at radius 3 is 1.69 bits per heavy atom. The van der Waals surface area contributed by atoms with E-state index in [-0.39, 0.29) is 32.0 Å². The molecule has 0 saturated carbocycles. The van der Waals surface area contributed by atoms with Crippen LogP contribution in [-0.4, -0.2) is 81.5 Å². The number of rotatable bonds is 30. The standard InChI is InChI=1S/C31H63N2O8P/c1-5-6-7-8-9-10-11-12-13-14-15-16-17-18-19-22-30(34)38-27-29(41-31(35)23-20-21-24-32)28-40-42(36,37)39-26-25-33(2,3)4/h29H,5-28,32H2,1-4H3/p+1/t29-/m1/s1. The molecule has 0 bridgehead atoms. The number of nitrogens with zero attached hydrogens (tertiary/aromatic N) is 1. The minimum absolute atomic E-state index is 0.0229. The van der Waals surface area contributed by atoms with Crippen molar-refractivity contribution in [1.29, 1.82) is 0 Å². The van der Waals surface area contributed by atoms with Crippen molar-refractivity contribution in [1.82, 2.24) is 0 Å². The van der Waals surface area contributed by atoms with Crippen molar-refractivity contribution in [3.63, 3.8) is 0 Å². The van der Waals surface area contributed by atoms with Crippen LogP contribution < -0.4 is 5.73 Å². The van der Waals surface area contributed by atoms with Gasteiger partial charge >= 0.3 is 19.8 Å². The minimum atomic E-state index is -4.35. The summed E-state index contributed by atoms with van der Waals surface area (Å²) in [6, 6.07) is 0. The molecule has 0 amide bonds. The van der Waals surface area contributed by atoms with Crippen molar-refractivity contribution in [3.05, 3.63) is 0 Å². The summed E-state index contributed by atoms with van der Waals surface area (Å²) < 4.78 is 33.5. The molecule has 0 fully saturated rings. The van der Waals surface area contributed by atoms with E-state index in [9.17, 15) is 19.0 Å². The molecule has 0 aromatic carbocycles. The van der Waals surface area contributed by atoms with Crippen molar-refractivity contribution < 1.29 is 42.1 Å². The van der Waals surface area contributed by atoms with E-state index in [2.05, 4.69) is 6.92 Å². The molecule has 0 aromatic heterocycles. The number of nitrogens with two attached hydrogens (primary N) is 1. The van der Waals surface area contributed by atoms with Gasteiger partial charge < -0.3 is 24.6 Å². The Hall–Kier alpha value is -1.03. The lowest BCUT2D eigenvalue weighted by molar-refractivity contribution is -0.870. The van der Waals surface area contributed by atoms with Crippen LogP contribution in [0.3, 0.4) is 0 Å². The van der Waals surface area contributed by atoms with Crippen LogP contribution in [0.25, 0.3) is 0 Å². The first-order chi connectivity index (χ1) is 20.0. The van der Waals surface area contributed by atoms with E-state index >= 15 is 0 Å². The van der Waals surface area contributed by atoms with Crippen LogP contribution in [0.2, 0.25) is 0 Å². The highest BCUT2D eigenvalue weighted by molar-refractivity contribution is 7.47. The highest BCUT2D eigenvalue weighted by Crippen LogP contribution is 2.43. The Morgan fingerprint density at radius 1 is 0.714 bits per heavy atom. The Kier molecular flexibility index (Phi) is 25.7. The number of ether oxygens (including phenoxy) is 2. The Labute approximate surface area is 256 Å². The van der Waals surface area contributed by atoms with E-state index in [1.165, 1.54) is 77.0 Å². The van der Waals surface area contributed by atoms with Gasteiger partial charge in [0, 0.05) is 12.8 Å². The number of hydrogen-bond acceptors (Lipinski definition) is 8. The van der Waals surface area contributed by atoms with Gasteiger partial charge in [0.05, 0.1) is 27.7 Å². The minimum Gasteiger partial charge on any atom is -0.462 e. The van der Waals surface area contributed by atoms with E-state index in [0.717, 1.165) is 19.3 Å². The van der Waals surface area contributed by atoms with E-state index in [1.807, 2.05) is 21.1 Å². The van der Waals surface area contributed by atoms with Gasteiger partial charge in [-0.3, -0.25) is 18.6 Å². The van der Waals surface area contributed by atoms with E-state index in [0.29, 0.717) is 30.4 Å². The van der Waals surface area contributed by atoms with Crippen molar-refractivity contribution in [2.45, 2.75) is 135 Å². The fourth-order valence-electron chi connectivity index (χ4n) is 4.32. The first-order valence-electron chi connectivity index (χ1n) is 16.5. The number of quaternary nitrogens is 1. The molecule has 0 radical (unpaired) electrons. The molecule has 42 heavy (non-hydrogen) atoms. The molecule has 0 heterocycles. The maximum absolute atomic E-state index is 12.3. The third-order valence-electron chi connectivity index (χ3n) is 6.99. The highest BCUT2D eigenvalue weighted by Gasteiger charge is 2.27. The van der Waals surface area contributed by atoms with Crippen LogP contribution in [0.4, 0.5) is 0 Å². The Morgan fingerprint density at radius 2 is 1.19 bits per heavy atom. The summed E-state index contributed by atoms with van der Waals surface area (Å²) in [5.74, 6) is -0.894. The summed E-state index contributed by atoms with van der Waals surface area (Å²) in [7, 11) is 1.44. The van der Waals surface area contributed by atoms with Gasteiger partial charge in [-0.2, -0.15) is 0 Å². The fourth-order valence-corrected chi connectivity index (χ4v) is 5.06. The van der Waals surface area contributed by atoms with Gasteiger partial charge in [0.2, 0.25) is 0 Å². The van der Waals surface area contributed by atoms with E-state index in [4.69, 9.17) is 24.3 Å². The number of carbonyl (C=O) groups is 2. The van der Waals surface area contributed by atoms with Crippen molar-refractivity contribution >= 4 is 19.8 Å². The maximum atomic E-state index is 12.3. The Balaban J connectivity index is 4.18. The first kappa shape index (κ1) is 41.0. The number of phosphoric ester groups is 1. The van der Waals surface area contributed by atoms with Crippen molar-refractivity contribution in [3.8, 4) is 0 Å². The lowest BCUT2D eigenvalue weighted by atomic mass is 10.0. The van der Waals surface area contributed by atoms with Gasteiger partial charge in [-0.25, -0.2) is 4.57 Å². The second kappa shape index (κ2) is 26.4. The number of unbranched alkanes of at least 4 members (excludes halogenated alkanes) is 15. The summed E-state index contributed by atoms with van der Waals surface area (Å²) in [5, 5.41) is 0. The molecule has 3 N–H and O–H groups in total. The van der Waals surface area contributed by atoms with E-state index in [1.54, 1.807) is 0 Å². The van der Waals surface area contributed by atoms with Crippen LogP contribution in [0.5, 0.6) is 0 Å². The van der Waals surface area contributed by atoms with Gasteiger partial charge in [-0.1, -0.05) is 96.8 Å². The molecule has 0 aliphatic heterocycles. The molecule has 1 unspecified atom stereocenters. The smallest absolute Gasteiger partial charge is 0.462 e. The predicted molar refractivity (Wildman–Crippen MR) is 168 cm³/mol. The average molecular weight is 624 g/mol. The third kappa shape index (κ3) is 29.1. The number of hydrogen-bond donors (Lipinski definition) is 2. The van der Waals surface area contributed by atoms with Crippen molar-refractivity contribution in [2.75, 3.05) is 54.1 Å². The van der Waals surface area contributed by atoms with Crippen LogP contribution >= 0.6 is 7.82 Å². The summed E-state index contributed by atoms with van der Waals surface area (Å²) in [6.07, 6.45) is 19.4. The quantitative estimate of drug-likeness (QED) is 0.0389. The summed E-state index contributed by atoms with van der Waals surface area (Å²) in [6.45, 7) is 2.57. The second-order valence-corrected chi connectivity index (χ2v) is 13.8. The average Bonchev–Trinajstić information content (AvgIpc) is 2.91. The SMILES string of the molecule is CCCCCCCCCCCCCCCCCC(=O)OC[C@H](COP(=O)(O)OCC[N+](C)(C)C)OC(=O)CCCCN. The topological polar surface area (TPSA) is 134 Å². The van der Waals surface area contributed by atoms with Crippen LogP contribution in [0.1, 0.15) is 129 Å². The lowest BCUT2D eigenvalue weighted by Crippen LogP contribution is -2.37. The number of carbonyl (C=O) groups excluding carboxylic acids is 2. The second-order valence-electron chi connectivity index (χ2n) is 12.4. The normalized spacial score (nSPS) is 14.0. The molecular weight excluding hydrogens is 559 g/mol. The number of likely N-dealkylation sites (N-methyl/N-ethyl adjacent to an activating group) is 1. The molecule has 0 aliphatic carbocycles.